The van der Waals surface area contributed by atoms with Gasteiger partial charge in [-0.1, -0.05) is 41.4 Å². The Morgan fingerprint density at radius 3 is 2.81 bits per heavy atom. The number of hydrogen-bond donors (Lipinski definition) is 1. The van der Waals surface area contributed by atoms with Gasteiger partial charge in [-0.3, -0.25) is 4.79 Å². The third-order valence-electron chi connectivity index (χ3n) is 3.36. The fourth-order valence-corrected chi connectivity index (χ4v) is 2.58. The fraction of sp³-hybridized carbons (Fsp3) is 0.188. The molecule has 21 heavy (non-hydrogen) atoms. The quantitative estimate of drug-likeness (QED) is 0.929. The smallest absolute Gasteiger partial charge is 0.179 e. The van der Waals surface area contributed by atoms with Gasteiger partial charge in [0.25, 0.3) is 0 Å². The van der Waals surface area contributed by atoms with Gasteiger partial charge in [0.1, 0.15) is 5.75 Å². The van der Waals surface area contributed by atoms with Gasteiger partial charge in [-0.25, -0.2) is 0 Å². The lowest BCUT2D eigenvalue weighted by atomic mass is 10.0. The van der Waals surface area contributed by atoms with Gasteiger partial charge in [0.15, 0.2) is 11.9 Å². The molecular formula is C16H13Cl2NO2. The van der Waals surface area contributed by atoms with Crippen molar-refractivity contribution >= 4 is 34.7 Å². The van der Waals surface area contributed by atoms with E-state index in [0.717, 1.165) is 11.3 Å². The van der Waals surface area contributed by atoms with Crippen molar-refractivity contribution in [3.8, 4) is 5.75 Å². The first-order valence-corrected chi connectivity index (χ1v) is 7.35. The SMILES string of the molecule is O=C(Cc1ccc(Cl)c(Cl)c1)C1CNc2ccccc2O1. The normalized spacial score (nSPS) is 16.6. The monoisotopic (exact) mass is 321 g/mol. The van der Waals surface area contributed by atoms with Gasteiger partial charge in [0.05, 0.1) is 22.3 Å². The van der Waals surface area contributed by atoms with Crippen LogP contribution in [0, 0.1) is 0 Å². The number of carbonyl (C=O) groups excluding carboxylic acids is 1. The van der Waals surface area contributed by atoms with Crippen molar-refractivity contribution in [2.45, 2.75) is 12.5 Å². The van der Waals surface area contributed by atoms with E-state index in [1.54, 1.807) is 18.2 Å². The highest BCUT2D eigenvalue weighted by molar-refractivity contribution is 6.42. The van der Waals surface area contributed by atoms with Crippen LogP contribution in [0.2, 0.25) is 10.0 Å². The third kappa shape index (κ3) is 3.14. The van der Waals surface area contributed by atoms with Crippen LogP contribution in [0.5, 0.6) is 5.75 Å². The first-order chi connectivity index (χ1) is 10.1. The summed E-state index contributed by atoms with van der Waals surface area (Å²) in [6, 6.07) is 12.8. The number of hydrogen-bond acceptors (Lipinski definition) is 3. The Hall–Kier alpha value is -1.71. The van der Waals surface area contributed by atoms with E-state index in [9.17, 15) is 4.79 Å². The summed E-state index contributed by atoms with van der Waals surface area (Å²) in [5, 5.41) is 4.14. The second-order valence-electron chi connectivity index (χ2n) is 4.88. The van der Waals surface area contributed by atoms with E-state index < -0.39 is 6.10 Å². The zero-order valence-corrected chi connectivity index (χ0v) is 12.6. The topological polar surface area (TPSA) is 38.3 Å². The number of benzene rings is 2. The van der Waals surface area contributed by atoms with Crippen LogP contribution in [0.3, 0.4) is 0 Å². The molecule has 2 aromatic carbocycles. The molecule has 108 valence electrons. The number of ether oxygens (including phenoxy) is 1. The third-order valence-corrected chi connectivity index (χ3v) is 4.09. The van der Waals surface area contributed by atoms with Crippen LogP contribution in [0.25, 0.3) is 0 Å². The molecule has 1 unspecified atom stereocenters. The molecule has 0 aliphatic carbocycles. The minimum atomic E-state index is -0.491. The van der Waals surface area contributed by atoms with Gasteiger partial charge in [0, 0.05) is 6.42 Å². The summed E-state index contributed by atoms with van der Waals surface area (Å²) in [7, 11) is 0. The molecule has 0 saturated carbocycles. The van der Waals surface area contributed by atoms with Crippen LogP contribution in [-0.4, -0.2) is 18.4 Å². The van der Waals surface area contributed by atoms with Gasteiger partial charge in [-0.2, -0.15) is 0 Å². The molecule has 3 nitrogen and oxygen atoms in total. The number of nitrogens with one attached hydrogen (secondary N) is 1. The van der Waals surface area contributed by atoms with Crippen molar-refractivity contribution in [3.05, 3.63) is 58.1 Å². The maximum atomic E-state index is 12.3. The lowest BCUT2D eigenvalue weighted by molar-refractivity contribution is -0.124. The van der Waals surface area contributed by atoms with Crippen LogP contribution in [-0.2, 0) is 11.2 Å². The standard InChI is InChI=1S/C16H13Cl2NO2/c17-11-6-5-10(7-12(11)18)8-14(20)16-9-19-13-3-1-2-4-15(13)21-16/h1-7,16,19H,8-9H2. The molecule has 0 bridgehead atoms. The molecule has 0 saturated heterocycles. The molecule has 1 aliphatic rings. The van der Waals surface area contributed by atoms with Gasteiger partial charge in [-0.15, -0.1) is 0 Å². The molecule has 3 rings (SSSR count). The summed E-state index contributed by atoms with van der Waals surface area (Å²) in [6.45, 7) is 0.469. The number of ketones is 1. The second kappa shape index (κ2) is 5.96. The Labute approximate surface area is 132 Å². The van der Waals surface area contributed by atoms with Gasteiger partial charge < -0.3 is 10.1 Å². The Morgan fingerprint density at radius 2 is 2.00 bits per heavy atom. The van der Waals surface area contributed by atoms with Gasteiger partial charge >= 0.3 is 0 Å². The van der Waals surface area contributed by atoms with E-state index >= 15 is 0 Å². The van der Waals surface area contributed by atoms with E-state index in [2.05, 4.69) is 5.32 Å². The average molecular weight is 322 g/mol. The molecule has 1 atom stereocenters. The summed E-state index contributed by atoms with van der Waals surface area (Å²) in [4.78, 5) is 12.3. The van der Waals surface area contributed by atoms with Crippen molar-refractivity contribution in [1.82, 2.24) is 0 Å². The van der Waals surface area contributed by atoms with E-state index in [0.29, 0.717) is 22.3 Å². The number of rotatable bonds is 3. The summed E-state index contributed by atoms with van der Waals surface area (Å²) in [6.07, 6.45) is -0.222. The molecule has 1 N–H and O–H groups in total. The molecule has 0 amide bonds. The highest BCUT2D eigenvalue weighted by Crippen LogP contribution is 2.29. The second-order valence-corrected chi connectivity index (χ2v) is 5.69. The zero-order valence-electron chi connectivity index (χ0n) is 11.1. The van der Waals surface area contributed by atoms with E-state index in [4.69, 9.17) is 27.9 Å². The van der Waals surface area contributed by atoms with Gasteiger partial charge in [-0.05, 0) is 29.8 Å². The maximum absolute atomic E-state index is 12.3. The molecule has 0 aromatic heterocycles. The van der Waals surface area contributed by atoms with Crippen molar-refractivity contribution < 1.29 is 9.53 Å². The first-order valence-electron chi connectivity index (χ1n) is 6.59. The Morgan fingerprint density at radius 1 is 1.19 bits per heavy atom. The maximum Gasteiger partial charge on any atom is 0.179 e. The predicted molar refractivity (Wildman–Crippen MR) is 84.5 cm³/mol. The first kappa shape index (κ1) is 14.2. The van der Waals surface area contributed by atoms with E-state index in [1.165, 1.54) is 0 Å². The number of para-hydroxylation sites is 2. The van der Waals surface area contributed by atoms with Gasteiger partial charge in [0.2, 0.25) is 0 Å². The van der Waals surface area contributed by atoms with Crippen LogP contribution in [0.4, 0.5) is 5.69 Å². The molecule has 0 fully saturated rings. The Balaban J connectivity index is 1.70. The minimum Gasteiger partial charge on any atom is -0.479 e. The van der Waals surface area contributed by atoms with Crippen LogP contribution >= 0.6 is 23.2 Å². The van der Waals surface area contributed by atoms with Crippen molar-refractivity contribution in [2.75, 3.05) is 11.9 Å². The van der Waals surface area contributed by atoms with Crippen molar-refractivity contribution in [1.29, 1.82) is 0 Å². The molecule has 1 aliphatic heterocycles. The number of halogens is 2. The average Bonchev–Trinajstić information content (AvgIpc) is 2.50. The van der Waals surface area contributed by atoms with Crippen LogP contribution < -0.4 is 10.1 Å². The number of anilines is 1. The van der Waals surface area contributed by atoms with E-state index in [1.807, 2.05) is 24.3 Å². The number of fused-ring (bicyclic) bond motifs is 1. The summed E-state index contributed by atoms with van der Waals surface area (Å²) in [5.41, 5.74) is 1.74. The summed E-state index contributed by atoms with van der Waals surface area (Å²) >= 11 is 11.8. The summed E-state index contributed by atoms with van der Waals surface area (Å²) < 4.78 is 5.75. The van der Waals surface area contributed by atoms with Crippen LogP contribution in [0.15, 0.2) is 42.5 Å². The number of Topliss-reactive ketones (excluding diaryl/α,β-unsaturated/α-hetero) is 1. The van der Waals surface area contributed by atoms with E-state index in [-0.39, 0.29) is 12.2 Å². The van der Waals surface area contributed by atoms with Crippen LogP contribution in [0.1, 0.15) is 5.56 Å². The molecule has 5 heteroatoms. The molecular weight excluding hydrogens is 309 g/mol. The predicted octanol–water partition coefficient (Wildman–Crippen LogP) is 3.98. The largest absolute Gasteiger partial charge is 0.479 e. The Bertz CT molecular complexity index is 688. The molecule has 1 heterocycles. The molecule has 0 spiro atoms. The molecule has 0 radical (unpaired) electrons. The number of carbonyl (C=O) groups is 1. The molecule has 2 aromatic rings. The lowest BCUT2D eigenvalue weighted by Crippen LogP contribution is -2.38. The minimum absolute atomic E-state index is 0.00962. The lowest BCUT2D eigenvalue weighted by Gasteiger charge is -2.26. The highest BCUT2D eigenvalue weighted by atomic mass is 35.5. The van der Waals surface area contributed by atoms with Crippen molar-refractivity contribution in [2.24, 2.45) is 0 Å². The highest BCUT2D eigenvalue weighted by Gasteiger charge is 2.25. The summed E-state index contributed by atoms with van der Waals surface area (Å²) in [5.74, 6) is 0.714. The fourth-order valence-electron chi connectivity index (χ4n) is 2.26. The Kier molecular flexibility index (Phi) is 4.04. The zero-order chi connectivity index (χ0) is 14.8. The van der Waals surface area contributed by atoms with Crippen molar-refractivity contribution in [3.63, 3.8) is 0 Å².